The van der Waals surface area contributed by atoms with Gasteiger partial charge in [0.1, 0.15) is 0 Å². The molecule has 28 valence electrons. The van der Waals surface area contributed by atoms with Crippen molar-refractivity contribution in [2.24, 2.45) is 23.2 Å². The van der Waals surface area contributed by atoms with Crippen molar-refractivity contribution in [3.63, 3.8) is 0 Å². The van der Waals surface area contributed by atoms with Crippen molar-refractivity contribution in [3.05, 3.63) is 0 Å². The van der Waals surface area contributed by atoms with E-state index in [9.17, 15) is 0 Å². The fourth-order valence-corrected chi connectivity index (χ4v) is 1.64. The van der Waals surface area contributed by atoms with Gasteiger partial charge in [0.2, 0.25) is 0 Å². The molecule has 4 aliphatic carbocycles. The van der Waals surface area contributed by atoms with Crippen LogP contribution in [-0.4, -0.2) is 0 Å². The molecular formula is C6H4. The van der Waals surface area contributed by atoms with Gasteiger partial charge in [-0.3, -0.25) is 0 Å². The fraction of sp³-hybridized carbons (Fsp3) is 0.667. The minimum Gasteiger partial charge on any atom is -0.119 e. The lowest BCUT2D eigenvalue weighted by Gasteiger charge is -1.59. The molecular weight excluding hydrogens is 72.1 g/mol. The van der Waals surface area contributed by atoms with E-state index in [2.05, 4.69) is 5.92 Å². The van der Waals surface area contributed by atoms with Crippen LogP contribution in [-0.2, 0) is 0 Å². The predicted molar refractivity (Wildman–Crippen MR) is 21.7 cm³/mol. The van der Waals surface area contributed by atoms with Gasteiger partial charge in [-0.15, -0.1) is 6.42 Å². The van der Waals surface area contributed by atoms with E-state index in [-0.39, 0.29) is 0 Å². The highest BCUT2D eigenvalue weighted by Gasteiger charge is 3.09. The summed E-state index contributed by atoms with van der Waals surface area (Å²) in [7, 11) is 0. The maximum Gasteiger partial charge on any atom is 0.0416 e. The Bertz CT molecular complexity index is 145. The van der Waals surface area contributed by atoms with Gasteiger partial charge < -0.3 is 0 Å². The van der Waals surface area contributed by atoms with E-state index in [1.165, 1.54) is 0 Å². The first-order valence-electron chi connectivity index (χ1n) is 2.40. The Balaban J connectivity index is 2.35. The summed E-state index contributed by atoms with van der Waals surface area (Å²) in [5.74, 6) is 6.00. The summed E-state index contributed by atoms with van der Waals surface area (Å²) in [6.45, 7) is 0. The average Bonchev–Trinajstić information content (AvgIpc) is 2.35. The Hall–Kier alpha value is -0.440. The zero-order valence-electron chi connectivity index (χ0n) is 3.31. The second kappa shape index (κ2) is 0.239. The minimum atomic E-state index is 0.569. The largest absolute Gasteiger partial charge is 0.119 e. The first-order chi connectivity index (χ1) is 2.93. The van der Waals surface area contributed by atoms with E-state index in [4.69, 9.17) is 6.42 Å². The Labute approximate surface area is 36.5 Å². The van der Waals surface area contributed by atoms with Crippen LogP contribution in [0.4, 0.5) is 0 Å². The molecule has 0 bridgehead atoms. The molecule has 0 nitrogen and oxygen atoms in total. The molecule has 0 unspecified atom stereocenters. The molecule has 4 fully saturated rings. The third-order valence-corrected chi connectivity index (χ3v) is 2.60. The molecule has 4 rings (SSSR count). The van der Waals surface area contributed by atoms with Gasteiger partial charge in [-0.25, -0.2) is 0 Å². The number of rotatable bonds is 0. The first-order valence-corrected chi connectivity index (χ1v) is 2.40. The van der Waals surface area contributed by atoms with Gasteiger partial charge in [0.15, 0.2) is 0 Å². The van der Waals surface area contributed by atoms with Crippen LogP contribution in [0.15, 0.2) is 0 Å². The first kappa shape index (κ1) is 2.02. The second-order valence-electron chi connectivity index (χ2n) is 2.65. The number of hydrogen-bond donors (Lipinski definition) is 0. The quantitative estimate of drug-likeness (QED) is 0.368. The molecule has 0 N–H and O–H groups in total. The SMILES string of the molecule is C#CC12C3C1C32. The summed E-state index contributed by atoms with van der Waals surface area (Å²) in [6, 6.07) is 0. The number of terminal acetylenes is 1. The van der Waals surface area contributed by atoms with Crippen molar-refractivity contribution >= 4 is 0 Å². The van der Waals surface area contributed by atoms with Crippen molar-refractivity contribution in [1.29, 1.82) is 0 Å². The number of hydrogen-bond acceptors (Lipinski definition) is 0. The van der Waals surface area contributed by atoms with Crippen molar-refractivity contribution in [1.82, 2.24) is 0 Å². The third kappa shape index (κ3) is 0.0387. The van der Waals surface area contributed by atoms with E-state index in [1.54, 1.807) is 0 Å². The maximum absolute atomic E-state index is 5.18. The molecule has 6 heavy (non-hydrogen) atoms. The third-order valence-electron chi connectivity index (χ3n) is 2.60. The predicted octanol–water partition coefficient (Wildman–Crippen LogP) is 0.495. The molecule has 0 heteroatoms. The zero-order chi connectivity index (χ0) is 3.94. The lowest BCUT2D eigenvalue weighted by Crippen LogP contribution is -1.57. The summed E-state index contributed by atoms with van der Waals surface area (Å²) >= 11 is 0. The van der Waals surface area contributed by atoms with E-state index in [1.807, 2.05) is 0 Å². The summed E-state index contributed by atoms with van der Waals surface area (Å²) in [5.41, 5.74) is 0.569. The fourth-order valence-electron chi connectivity index (χ4n) is 1.64. The molecule has 0 spiro atoms. The smallest absolute Gasteiger partial charge is 0.0416 e. The minimum absolute atomic E-state index is 0.569. The average molecular weight is 76.1 g/mol. The van der Waals surface area contributed by atoms with E-state index < -0.39 is 0 Å². The highest BCUT2D eigenvalue weighted by Crippen LogP contribution is 3.09. The molecule has 0 saturated heterocycles. The van der Waals surface area contributed by atoms with Crippen LogP contribution < -0.4 is 0 Å². The molecule has 0 aromatic carbocycles. The van der Waals surface area contributed by atoms with E-state index in [0.29, 0.717) is 5.41 Å². The van der Waals surface area contributed by atoms with Crippen LogP contribution in [0.2, 0.25) is 0 Å². The van der Waals surface area contributed by atoms with E-state index >= 15 is 0 Å². The summed E-state index contributed by atoms with van der Waals surface area (Å²) in [5, 5.41) is 0. The molecule has 0 atom stereocenters. The summed E-state index contributed by atoms with van der Waals surface area (Å²) in [4.78, 5) is 0. The van der Waals surface area contributed by atoms with Crippen molar-refractivity contribution in [3.8, 4) is 12.3 Å². The topological polar surface area (TPSA) is 0 Å². The zero-order valence-corrected chi connectivity index (χ0v) is 3.31. The van der Waals surface area contributed by atoms with Gasteiger partial charge in [0.05, 0.1) is 0 Å². The molecule has 4 saturated carbocycles. The maximum atomic E-state index is 5.18. The van der Waals surface area contributed by atoms with Gasteiger partial charge in [-0.1, -0.05) is 5.92 Å². The van der Waals surface area contributed by atoms with E-state index in [0.717, 1.165) is 17.8 Å². The highest BCUT2D eigenvalue weighted by atomic mass is 15.1. The van der Waals surface area contributed by atoms with Gasteiger partial charge in [-0.2, -0.15) is 0 Å². The monoisotopic (exact) mass is 76.0 g/mol. The van der Waals surface area contributed by atoms with Crippen molar-refractivity contribution < 1.29 is 0 Å². The lowest BCUT2D eigenvalue weighted by atomic mass is 10.4. The van der Waals surface area contributed by atoms with Crippen LogP contribution in [0.5, 0.6) is 0 Å². The van der Waals surface area contributed by atoms with Crippen LogP contribution in [0, 0.1) is 35.5 Å². The normalized spacial score (nSPS) is 86.8. The Morgan fingerprint density at radius 1 is 1.33 bits per heavy atom. The molecule has 0 amide bonds. The van der Waals surface area contributed by atoms with Crippen molar-refractivity contribution in [2.45, 2.75) is 0 Å². The highest BCUT2D eigenvalue weighted by molar-refractivity contribution is 5.62. The van der Waals surface area contributed by atoms with Crippen LogP contribution >= 0.6 is 0 Å². The molecule has 0 radical (unpaired) electrons. The van der Waals surface area contributed by atoms with Crippen LogP contribution in [0.25, 0.3) is 0 Å². The summed E-state index contributed by atoms with van der Waals surface area (Å²) < 4.78 is 0. The Morgan fingerprint density at radius 2 is 1.83 bits per heavy atom. The second-order valence-corrected chi connectivity index (χ2v) is 2.65. The summed E-state index contributed by atoms with van der Waals surface area (Å²) in [6.07, 6.45) is 5.18. The molecule has 0 heterocycles. The van der Waals surface area contributed by atoms with Gasteiger partial charge >= 0.3 is 0 Å². The van der Waals surface area contributed by atoms with Gasteiger partial charge in [-0.05, 0) is 17.8 Å². The Morgan fingerprint density at radius 3 is 1.83 bits per heavy atom. The van der Waals surface area contributed by atoms with Crippen LogP contribution in [0.3, 0.4) is 0 Å². The molecule has 4 aliphatic rings. The van der Waals surface area contributed by atoms with Gasteiger partial charge in [0, 0.05) is 5.41 Å². The molecule has 0 aromatic heterocycles. The Kier molecular flexibility index (Phi) is 0.0805. The lowest BCUT2D eigenvalue weighted by molar-refractivity contribution is 1.14. The molecule has 0 aliphatic heterocycles. The standard InChI is InChI=1S/C6H4/c1-2-6-3-4(6)5(3)6/h1,3-5H. The molecule has 0 aromatic rings. The van der Waals surface area contributed by atoms with Gasteiger partial charge in [0.25, 0.3) is 0 Å². The van der Waals surface area contributed by atoms with Crippen LogP contribution in [0.1, 0.15) is 0 Å². The van der Waals surface area contributed by atoms with Crippen molar-refractivity contribution in [2.75, 3.05) is 0 Å².